The van der Waals surface area contributed by atoms with E-state index in [1.165, 1.54) is 0 Å². The van der Waals surface area contributed by atoms with E-state index < -0.39 is 9.84 Å². The lowest BCUT2D eigenvalue weighted by Gasteiger charge is -2.33. The Morgan fingerprint density at radius 1 is 0.905 bits per heavy atom. The fourth-order valence-electron chi connectivity index (χ4n) is 2.69. The van der Waals surface area contributed by atoms with Crippen LogP contribution in [0.3, 0.4) is 0 Å². The molecular weight excluding hydrogens is 282 g/mol. The van der Waals surface area contributed by atoms with E-state index in [-0.39, 0.29) is 0 Å². The maximum absolute atomic E-state index is 12.8. The van der Waals surface area contributed by atoms with Gasteiger partial charge in [0.15, 0.2) is 0 Å². The van der Waals surface area contributed by atoms with Gasteiger partial charge in [-0.25, -0.2) is 8.42 Å². The van der Waals surface area contributed by atoms with Crippen LogP contribution in [0.1, 0.15) is 20.3 Å². The van der Waals surface area contributed by atoms with Crippen LogP contribution in [0.2, 0.25) is 0 Å². The number of benzene rings is 2. The van der Waals surface area contributed by atoms with Crippen molar-refractivity contribution in [3.05, 3.63) is 48.5 Å². The molecule has 1 aliphatic rings. The highest BCUT2D eigenvalue weighted by molar-refractivity contribution is 7.92. The molecule has 3 rings (SSSR count). The van der Waals surface area contributed by atoms with Crippen molar-refractivity contribution in [2.24, 2.45) is 5.92 Å². The quantitative estimate of drug-likeness (QED) is 0.859. The minimum Gasteiger partial charge on any atom is -0.339 e. The highest BCUT2D eigenvalue weighted by atomic mass is 32.2. The van der Waals surface area contributed by atoms with Crippen molar-refractivity contribution < 1.29 is 8.42 Å². The Hall–Kier alpha value is -1.81. The molecular formula is C17H19NO2S. The van der Waals surface area contributed by atoms with Crippen molar-refractivity contribution in [3.63, 3.8) is 0 Å². The second kappa shape index (κ2) is 5.19. The van der Waals surface area contributed by atoms with Gasteiger partial charge in [0.25, 0.3) is 0 Å². The van der Waals surface area contributed by atoms with Gasteiger partial charge in [0.2, 0.25) is 9.84 Å². The molecule has 1 heterocycles. The smallest absolute Gasteiger partial charge is 0.210 e. The summed E-state index contributed by atoms with van der Waals surface area (Å²) in [4.78, 5) is 2.95. The van der Waals surface area contributed by atoms with Crippen LogP contribution in [0.5, 0.6) is 0 Å². The first kappa shape index (κ1) is 14.1. The van der Waals surface area contributed by atoms with E-state index in [2.05, 4.69) is 18.7 Å². The van der Waals surface area contributed by atoms with Gasteiger partial charge in [0.1, 0.15) is 0 Å². The predicted octanol–water partition coefficient (Wildman–Crippen LogP) is 4.02. The highest BCUT2D eigenvalue weighted by Crippen LogP contribution is 2.43. The number of para-hydroxylation sites is 2. The van der Waals surface area contributed by atoms with E-state index in [4.69, 9.17) is 0 Å². The van der Waals surface area contributed by atoms with Crippen LogP contribution in [0.4, 0.5) is 11.4 Å². The molecule has 1 aliphatic heterocycles. The van der Waals surface area contributed by atoms with Crippen molar-refractivity contribution in [3.8, 4) is 0 Å². The van der Waals surface area contributed by atoms with Crippen LogP contribution >= 0.6 is 0 Å². The van der Waals surface area contributed by atoms with E-state index in [9.17, 15) is 8.42 Å². The number of fused-ring (bicyclic) bond motifs is 2. The molecule has 0 aliphatic carbocycles. The van der Waals surface area contributed by atoms with Crippen LogP contribution in [-0.4, -0.2) is 15.0 Å². The maximum atomic E-state index is 12.8. The largest absolute Gasteiger partial charge is 0.339 e. The summed E-state index contributed by atoms with van der Waals surface area (Å²) < 4.78 is 25.5. The Morgan fingerprint density at radius 3 is 1.86 bits per heavy atom. The van der Waals surface area contributed by atoms with Crippen molar-refractivity contribution in [1.29, 1.82) is 0 Å². The minimum absolute atomic E-state index is 0.410. The molecule has 0 aromatic heterocycles. The topological polar surface area (TPSA) is 37.4 Å². The van der Waals surface area contributed by atoms with Crippen molar-refractivity contribution in [2.45, 2.75) is 30.1 Å². The fraction of sp³-hybridized carbons (Fsp3) is 0.294. The molecule has 4 heteroatoms. The fourth-order valence-corrected chi connectivity index (χ4v) is 4.35. The molecule has 0 saturated heterocycles. The van der Waals surface area contributed by atoms with E-state index in [1.54, 1.807) is 24.3 Å². The van der Waals surface area contributed by atoms with E-state index in [1.807, 2.05) is 24.3 Å². The molecule has 0 amide bonds. The van der Waals surface area contributed by atoms with Gasteiger partial charge in [-0.1, -0.05) is 38.1 Å². The molecule has 0 N–H and O–H groups in total. The Labute approximate surface area is 126 Å². The zero-order chi connectivity index (χ0) is 15.0. The molecule has 0 atom stereocenters. The SMILES string of the molecule is CC(C)CCN1c2ccccc2S(=O)(=O)c2ccccc21. The average Bonchev–Trinajstić information content (AvgIpc) is 2.47. The Kier molecular flexibility index (Phi) is 3.49. The molecule has 0 fully saturated rings. The lowest BCUT2D eigenvalue weighted by Crippen LogP contribution is -2.27. The van der Waals surface area contributed by atoms with Gasteiger partial charge in [-0.3, -0.25) is 0 Å². The number of rotatable bonds is 3. The molecule has 0 unspecified atom stereocenters. The van der Waals surface area contributed by atoms with Gasteiger partial charge in [-0.15, -0.1) is 0 Å². The van der Waals surface area contributed by atoms with Crippen LogP contribution in [0.25, 0.3) is 0 Å². The van der Waals surface area contributed by atoms with Crippen LogP contribution in [0.15, 0.2) is 58.3 Å². The molecule has 110 valence electrons. The van der Waals surface area contributed by atoms with Gasteiger partial charge in [-0.2, -0.15) is 0 Å². The highest BCUT2D eigenvalue weighted by Gasteiger charge is 2.33. The second-order valence-corrected chi connectivity index (χ2v) is 7.66. The van der Waals surface area contributed by atoms with Crippen molar-refractivity contribution in [1.82, 2.24) is 0 Å². The van der Waals surface area contributed by atoms with Gasteiger partial charge in [0, 0.05) is 6.54 Å². The number of hydrogen-bond acceptors (Lipinski definition) is 3. The van der Waals surface area contributed by atoms with Gasteiger partial charge in [0.05, 0.1) is 21.2 Å². The Balaban J connectivity index is 2.19. The standard InChI is InChI=1S/C17H19NO2S/c1-13(2)11-12-18-14-7-3-5-9-16(14)21(19,20)17-10-6-4-8-15(17)18/h3-10,13H,11-12H2,1-2H3. The number of nitrogens with zero attached hydrogens (tertiary/aromatic N) is 1. The van der Waals surface area contributed by atoms with Gasteiger partial charge < -0.3 is 4.90 Å². The Bertz CT molecular complexity index is 712. The van der Waals surface area contributed by atoms with Gasteiger partial charge >= 0.3 is 0 Å². The van der Waals surface area contributed by atoms with Crippen LogP contribution in [0, 0.1) is 5.92 Å². The lowest BCUT2D eigenvalue weighted by atomic mass is 10.1. The third-order valence-corrected chi connectivity index (χ3v) is 5.67. The second-order valence-electron chi connectivity index (χ2n) is 5.77. The summed E-state index contributed by atoms with van der Waals surface area (Å²) in [5, 5.41) is 0. The molecule has 2 aromatic carbocycles. The number of hydrogen-bond donors (Lipinski definition) is 0. The normalized spacial score (nSPS) is 15.7. The molecule has 0 saturated carbocycles. The molecule has 0 bridgehead atoms. The number of anilines is 2. The summed E-state index contributed by atoms with van der Waals surface area (Å²) in [5.74, 6) is 0.572. The first-order chi connectivity index (χ1) is 10.0. The average molecular weight is 301 g/mol. The summed E-state index contributed by atoms with van der Waals surface area (Å²) in [6.07, 6.45) is 1.02. The maximum Gasteiger partial charge on any atom is 0.210 e. The summed E-state index contributed by atoms with van der Waals surface area (Å²) >= 11 is 0. The summed E-state index contributed by atoms with van der Waals surface area (Å²) in [5.41, 5.74) is 1.58. The van der Waals surface area contributed by atoms with E-state index >= 15 is 0 Å². The van der Waals surface area contributed by atoms with Crippen molar-refractivity contribution >= 4 is 21.2 Å². The zero-order valence-corrected chi connectivity index (χ0v) is 13.1. The molecule has 0 spiro atoms. The summed E-state index contributed by atoms with van der Waals surface area (Å²) in [7, 11) is -3.41. The van der Waals surface area contributed by atoms with E-state index in [0.717, 1.165) is 24.3 Å². The Morgan fingerprint density at radius 2 is 1.38 bits per heavy atom. The molecule has 3 nitrogen and oxygen atoms in total. The van der Waals surface area contributed by atoms with Crippen LogP contribution < -0.4 is 4.90 Å². The number of sulfone groups is 1. The third-order valence-electron chi connectivity index (χ3n) is 3.82. The van der Waals surface area contributed by atoms with Crippen molar-refractivity contribution in [2.75, 3.05) is 11.4 Å². The summed E-state index contributed by atoms with van der Waals surface area (Å²) in [6, 6.07) is 14.5. The third kappa shape index (κ3) is 2.33. The van der Waals surface area contributed by atoms with E-state index in [0.29, 0.717) is 15.7 Å². The molecule has 0 radical (unpaired) electrons. The molecule has 21 heavy (non-hydrogen) atoms. The lowest BCUT2D eigenvalue weighted by molar-refractivity contribution is 0.580. The predicted molar refractivity (Wildman–Crippen MR) is 84.8 cm³/mol. The monoisotopic (exact) mass is 301 g/mol. The summed E-state index contributed by atoms with van der Waals surface area (Å²) in [6.45, 7) is 5.18. The first-order valence-electron chi connectivity index (χ1n) is 7.22. The van der Waals surface area contributed by atoms with Crippen LogP contribution in [-0.2, 0) is 9.84 Å². The minimum atomic E-state index is -3.41. The van der Waals surface area contributed by atoms with Gasteiger partial charge in [-0.05, 0) is 36.6 Å². The molecule has 2 aromatic rings. The zero-order valence-electron chi connectivity index (χ0n) is 12.3. The first-order valence-corrected chi connectivity index (χ1v) is 8.71.